The number of nitrogens with one attached hydrogen (secondary N) is 1. The zero-order valence-electron chi connectivity index (χ0n) is 17.1. The van der Waals surface area contributed by atoms with Crippen LogP contribution in [-0.2, 0) is 9.47 Å². The highest BCUT2D eigenvalue weighted by Crippen LogP contribution is 2.44. The Morgan fingerprint density at radius 3 is 2.21 bits per heavy atom. The van der Waals surface area contributed by atoms with E-state index in [0.717, 1.165) is 19.4 Å². The van der Waals surface area contributed by atoms with E-state index < -0.39 is 0 Å². The summed E-state index contributed by atoms with van der Waals surface area (Å²) >= 11 is 0. The van der Waals surface area contributed by atoms with Gasteiger partial charge in [-0.15, -0.1) is 0 Å². The van der Waals surface area contributed by atoms with Crippen molar-refractivity contribution in [3.63, 3.8) is 0 Å². The number of ether oxygens (including phenoxy) is 2. The summed E-state index contributed by atoms with van der Waals surface area (Å²) in [6.45, 7) is 7.98. The summed E-state index contributed by atoms with van der Waals surface area (Å²) in [5, 5.41) is 2.94. The first-order valence-corrected chi connectivity index (χ1v) is 10.3. The molecule has 3 rings (SSSR count). The number of rotatable bonds is 9. The van der Waals surface area contributed by atoms with Crippen LogP contribution in [0, 0.1) is 5.92 Å². The summed E-state index contributed by atoms with van der Waals surface area (Å²) in [4.78, 5) is 12.3. The van der Waals surface area contributed by atoms with E-state index in [-0.39, 0.29) is 18.1 Å². The predicted octanol–water partition coefficient (Wildman–Crippen LogP) is 5.37. The molecule has 0 spiro atoms. The zero-order valence-corrected chi connectivity index (χ0v) is 17.1. The van der Waals surface area contributed by atoms with Gasteiger partial charge in [-0.1, -0.05) is 69.3 Å². The number of hydrogen-bond acceptors (Lipinski definition) is 3. The Labute approximate surface area is 168 Å². The Hall–Kier alpha value is -2.33. The van der Waals surface area contributed by atoms with Crippen molar-refractivity contribution in [1.29, 1.82) is 0 Å². The number of fused-ring (bicyclic) bond motifs is 3. The molecule has 1 N–H and O–H groups in total. The third kappa shape index (κ3) is 4.93. The Bertz CT molecular complexity index is 741. The molecule has 150 valence electrons. The number of hydrogen-bond donors (Lipinski definition) is 1. The fourth-order valence-corrected chi connectivity index (χ4v) is 3.61. The molecule has 2 aromatic rings. The minimum Gasteiger partial charge on any atom is -0.449 e. The second-order valence-corrected chi connectivity index (χ2v) is 7.83. The van der Waals surface area contributed by atoms with Crippen LogP contribution in [0.25, 0.3) is 11.1 Å². The molecule has 0 saturated heterocycles. The van der Waals surface area contributed by atoms with Crippen molar-refractivity contribution in [3.05, 3.63) is 59.7 Å². The molecular formula is C24H31NO3. The van der Waals surface area contributed by atoms with Gasteiger partial charge in [0.25, 0.3) is 0 Å². The van der Waals surface area contributed by atoms with Crippen molar-refractivity contribution >= 4 is 6.09 Å². The highest BCUT2D eigenvalue weighted by atomic mass is 16.5. The van der Waals surface area contributed by atoms with Crippen LogP contribution in [0.5, 0.6) is 0 Å². The lowest BCUT2D eigenvalue weighted by Gasteiger charge is -2.19. The summed E-state index contributed by atoms with van der Waals surface area (Å²) in [7, 11) is 0. The molecule has 1 atom stereocenters. The van der Waals surface area contributed by atoms with Gasteiger partial charge in [-0.05, 0) is 41.0 Å². The maximum atomic E-state index is 12.3. The first-order chi connectivity index (χ1) is 13.6. The van der Waals surface area contributed by atoms with Crippen LogP contribution in [0.1, 0.15) is 50.7 Å². The molecule has 1 amide bonds. The van der Waals surface area contributed by atoms with Gasteiger partial charge >= 0.3 is 6.09 Å². The van der Waals surface area contributed by atoms with Gasteiger partial charge in [-0.25, -0.2) is 4.79 Å². The lowest BCUT2D eigenvalue weighted by atomic mass is 9.98. The van der Waals surface area contributed by atoms with Gasteiger partial charge in [-0.2, -0.15) is 0 Å². The van der Waals surface area contributed by atoms with Crippen LogP contribution in [0.4, 0.5) is 4.79 Å². The fourth-order valence-electron chi connectivity index (χ4n) is 3.61. The maximum absolute atomic E-state index is 12.3. The molecular weight excluding hydrogens is 350 g/mol. The van der Waals surface area contributed by atoms with E-state index in [1.54, 1.807) is 0 Å². The third-order valence-electron chi connectivity index (χ3n) is 5.32. The van der Waals surface area contributed by atoms with Crippen molar-refractivity contribution in [1.82, 2.24) is 5.32 Å². The van der Waals surface area contributed by atoms with Gasteiger partial charge in [0.05, 0.1) is 12.6 Å². The quantitative estimate of drug-likeness (QED) is 0.594. The van der Waals surface area contributed by atoms with Crippen LogP contribution in [0.15, 0.2) is 48.5 Å². The van der Waals surface area contributed by atoms with E-state index >= 15 is 0 Å². The van der Waals surface area contributed by atoms with Crippen LogP contribution in [-0.4, -0.2) is 32.0 Å². The van der Waals surface area contributed by atoms with E-state index in [2.05, 4.69) is 55.6 Å². The molecule has 0 aromatic heterocycles. The van der Waals surface area contributed by atoms with E-state index in [1.807, 2.05) is 19.1 Å². The SMILES string of the molecule is CC[C@@H](COCCC(C)C)NC(=O)OCC1c2ccccc2-c2ccccc21. The molecule has 0 heterocycles. The summed E-state index contributed by atoms with van der Waals surface area (Å²) in [5.74, 6) is 0.704. The normalized spacial score (nSPS) is 13.9. The van der Waals surface area contributed by atoms with E-state index in [0.29, 0.717) is 19.1 Å². The zero-order chi connectivity index (χ0) is 19.9. The standard InChI is InChI=1S/C24H31NO3/c1-4-18(15-27-14-13-17(2)3)25-24(26)28-16-23-21-11-7-5-9-19(21)20-10-6-8-12-22(20)23/h5-12,17-18,23H,4,13-16H2,1-3H3,(H,25,26)/t18-/m0/s1. The van der Waals surface area contributed by atoms with E-state index in [1.165, 1.54) is 22.3 Å². The molecule has 1 aliphatic carbocycles. The van der Waals surface area contributed by atoms with E-state index in [9.17, 15) is 4.79 Å². The molecule has 4 nitrogen and oxygen atoms in total. The highest BCUT2D eigenvalue weighted by Gasteiger charge is 2.29. The summed E-state index contributed by atoms with van der Waals surface area (Å²) in [6.07, 6.45) is 1.47. The van der Waals surface area contributed by atoms with Gasteiger partial charge in [0.15, 0.2) is 0 Å². The lowest BCUT2D eigenvalue weighted by Crippen LogP contribution is -2.38. The monoisotopic (exact) mass is 381 g/mol. The van der Waals surface area contributed by atoms with Gasteiger partial charge in [0.2, 0.25) is 0 Å². The lowest BCUT2D eigenvalue weighted by molar-refractivity contribution is 0.0918. The van der Waals surface area contributed by atoms with Gasteiger partial charge in [-0.3, -0.25) is 0 Å². The Kier molecular flexibility index (Phi) is 7.10. The summed E-state index contributed by atoms with van der Waals surface area (Å²) < 4.78 is 11.3. The smallest absolute Gasteiger partial charge is 0.407 e. The largest absolute Gasteiger partial charge is 0.449 e. The summed E-state index contributed by atoms with van der Waals surface area (Å²) in [5.41, 5.74) is 4.91. The van der Waals surface area contributed by atoms with Crippen molar-refractivity contribution < 1.29 is 14.3 Å². The number of amides is 1. The first-order valence-electron chi connectivity index (χ1n) is 10.3. The van der Waals surface area contributed by atoms with Crippen LogP contribution in [0.2, 0.25) is 0 Å². The number of carbonyl (C=O) groups excluding carboxylic acids is 1. The molecule has 0 saturated carbocycles. The topological polar surface area (TPSA) is 47.6 Å². The first kappa shape index (κ1) is 20.4. The number of alkyl carbamates (subject to hydrolysis) is 1. The molecule has 0 bridgehead atoms. The highest BCUT2D eigenvalue weighted by molar-refractivity contribution is 5.79. The van der Waals surface area contributed by atoms with Crippen LogP contribution < -0.4 is 5.32 Å². The van der Waals surface area contributed by atoms with Crippen molar-refractivity contribution in [2.45, 2.75) is 45.6 Å². The molecule has 4 heteroatoms. The molecule has 0 fully saturated rings. The van der Waals surface area contributed by atoms with Crippen LogP contribution >= 0.6 is 0 Å². The molecule has 28 heavy (non-hydrogen) atoms. The molecule has 0 radical (unpaired) electrons. The predicted molar refractivity (Wildman–Crippen MR) is 113 cm³/mol. The third-order valence-corrected chi connectivity index (χ3v) is 5.32. The average Bonchev–Trinajstić information content (AvgIpc) is 3.02. The Morgan fingerprint density at radius 1 is 1.04 bits per heavy atom. The molecule has 1 aliphatic rings. The van der Waals surface area contributed by atoms with Gasteiger partial charge < -0.3 is 14.8 Å². The second-order valence-electron chi connectivity index (χ2n) is 7.83. The Morgan fingerprint density at radius 2 is 1.64 bits per heavy atom. The fraction of sp³-hybridized carbons (Fsp3) is 0.458. The number of benzene rings is 2. The molecule has 0 unspecified atom stereocenters. The Balaban J connectivity index is 1.54. The summed E-state index contributed by atoms with van der Waals surface area (Å²) in [6, 6.07) is 16.7. The van der Waals surface area contributed by atoms with Gasteiger partial charge in [0, 0.05) is 12.5 Å². The van der Waals surface area contributed by atoms with Crippen molar-refractivity contribution in [2.75, 3.05) is 19.8 Å². The minimum atomic E-state index is -0.374. The van der Waals surface area contributed by atoms with Crippen molar-refractivity contribution in [3.8, 4) is 11.1 Å². The van der Waals surface area contributed by atoms with Crippen LogP contribution in [0.3, 0.4) is 0 Å². The molecule has 2 aromatic carbocycles. The minimum absolute atomic E-state index is 0.0252. The molecule has 0 aliphatic heterocycles. The van der Waals surface area contributed by atoms with Gasteiger partial charge in [0.1, 0.15) is 6.61 Å². The maximum Gasteiger partial charge on any atom is 0.407 e. The average molecular weight is 382 g/mol. The van der Waals surface area contributed by atoms with E-state index in [4.69, 9.17) is 9.47 Å². The number of carbonyl (C=O) groups is 1. The van der Waals surface area contributed by atoms with Crippen molar-refractivity contribution in [2.24, 2.45) is 5.92 Å². The second kappa shape index (κ2) is 9.74.